The summed E-state index contributed by atoms with van der Waals surface area (Å²) in [7, 11) is -3.54. The van der Waals surface area contributed by atoms with E-state index in [-0.39, 0.29) is 10.6 Å². The van der Waals surface area contributed by atoms with Gasteiger partial charge in [0.1, 0.15) is 5.75 Å². The van der Waals surface area contributed by atoms with Crippen LogP contribution in [0.4, 0.5) is 0 Å². The lowest BCUT2D eigenvalue weighted by molar-refractivity contribution is 0.293. The van der Waals surface area contributed by atoms with E-state index >= 15 is 0 Å². The summed E-state index contributed by atoms with van der Waals surface area (Å²) in [5.74, 6) is -0.0518. The van der Waals surface area contributed by atoms with Gasteiger partial charge in [-0.2, -0.15) is 0 Å². The predicted octanol–water partition coefficient (Wildman–Crippen LogP) is 1.40. The molecule has 0 aliphatic carbocycles. The number of aromatic hydroxyl groups is 1. The van der Waals surface area contributed by atoms with Gasteiger partial charge in [-0.25, -0.2) is 13.1 Å². The fraction of sp³-hybridized carbons (Fsp3) is 0.538. The maximum atomic E-state index is 12.0. The van der Waals surface area contributed by atoms with Crippen molar-refractivity contribution in [3.63, 3.8) is 0 Å². The van der Waals surface area contributed by atoms with Gasteiger partial charge in [-0.3, -0.25) is 0 Å². The zero-order valence-electron chi connectivity index (χ0n) is 11.5. The van der Waals surface area contributed by atoms with E-state index in [4.69, 9.17) is 0 Å². The zero-order valence-corrected chi connectivity index (χ0v) is 12.3. The molecule has 0 aromatic heterocycles. The quantitative estimate of drug-likeness (QED) is 0.758. The Morgan fingerprint density at radius 2 is 2.00 bits per heavy atom. The molecule has 1 aromatic rings. The van der Waals surface area contributed by atoms with Crippen LogP contribution in [0.3, 0.4) is 0 Å². The fourth-order valence-corrected chi connectivity index (χ4v) is 2.88. The summed E-state index contributed by atoms with van der Waals surface area (Å²) in [6.45, 7) is 7.07. The molecule has 0 saturated heterocycles. The van der Waals surface area contributed by atoms with E-state index in [0.29, 0.717) is 13.1 Å². The number of benzene rings is 1. The van der Waals surface area contributed by atoms with E-state index < -0.39 is 10.0 Å². The van der Waals surface area contributed by atoms with Gasteiger partial charge in [-0.15, -0.1) is 0 Å². The Bertz CT molecular complexity index is 488. The number of likely N-dealkylation sites (N-methyl/N-ethyl adjacent to an activating group) is 1. The highest BCUT2D eigenvalue weighted by Crippen LogP contribution is 2.15. The smallest absolute Gasteiger partial charge is 0.240 e. The van der Waals surface area contributed by atoms with Crippen molar-refractivity contribution in [3.05, 3.63) is 24.3 Å². The summed E-state index contributed by atoms with van der Waals surface area (Å²) in [6.07, 6.45) is 1.05. The average Bonchev–Trinajstić information content (AvgIpc) is 2.37. The summed E-state index contributed by atoms with van der Waals surface area (Å²) >= 11 is 0. The van der Waals surface area contributed by atoms with E-state index in [1.807, 2.05) is 0 Å². The largest absolute Gasteiger partial charge is 0.508 e. The van der Waals surface area contributed by atoms with Gasteiger partial charge < -0.3 is 10.0 Å². The second-order valence-corrected chi connectivity index (χ2v) is 6.10. The highest BCUT2D eigenvalue weighted by Gasteiger charge is 2.14. The Morgan fingerprint density at radius 3 is 2.58 bits per heavy atom. The van der Waals surface area contributed by atoms with Crippen molar-refractivity contribution >= 4 is 10.0 Å². The molecule has 1 rings (SSSR count). The van der Waals surface area contributed by atoms with Crippen LogP contribution in [-0.4, -0.2) is 44.6 Å². The van der Waals surface area contributed by atoms with Crippen molar-refractivity contribution in [1.82, 2.24) is 9.62 Å². The van der Waals surface area contributed by atoms with Crippen LogP contribution in [-0.2, 0) is 10.0 Å². The molecule has 0 aliphatic heterocycles. The minimum atomic E-state index is -3.54. The number of hydrogen-bond acceptors (Lipinski definition) is 4. The van der Waals surface area contributed by atoms with Crippen molar-refractivity contribution in [3.8, 4) is 5.75 Å². The van der Waals surface area contributed by atoms with Crippen LogP contribution in [0.15, 0.2) is 29.2 Å². The summed E-state index contributed by atoms with van der Waals surface area (Å²) in [5, 5.41) is 9.30. The van der Waals surface area contributed by atoms with Crippen molar-refractivity contribution in [2.75, 3.05) is 26.2 Å². The molecule has 0 bridgehead atoms. The minimum Gasteiger partial charge on any atom is -0.508 e. The number of sulfonamides is 1. The Balaban J connectivity index is 2.56. The number of phenolic OH excluding ortho intramolecular Hbond substituents is 1. The number of hydrogen-bond donors (Lipinski definition) is 2. The van der Waals surface area contributed by atoms with Gasteiger partial charge in [0.25, 0.3) is 0 Å². The Morgan fingerprint density at radius 1 is 1.26 bits per heavy atom. The molecule has 19 heavy (non-hydrogen) atoms. The molecule has 0 spiro atoms. The van der Waals surface area contributed by atoms with Crippen LogP contribution in [0.25, 0.3) is 0 Å². The average molecular weight is 286 g/mol. The number of nitrogens with zero attached hydrogens (tertiary/aromatic N) is 1. The molecule has 0 unspecified atom stereocenters. The van der Waals surface area contributed by atoms with Crippen molar-refractivity contribution in [2.24, 2.45) is 0 Å². The first kappa shape index (κ1) is 15.9. The first-order chi connectivity index (χ1) is 8.99. The van der Waals surface area contributed by atoms with Gasteiger partial charge in [-0.05, 0) is 37.7 Å². The van der Waals surface area contributed by atoms with E-state index in [0.717, 1.165) is 19.5 Å². The first-order valence-electron chi connectivity index (χ1n) is 6.50. The van der Waals surface area contributed by atoms with Crippen molar-refractivity contribution in [1.29, 1.82) is 0 Å². The fourth-order valence-electron chi connectivity index (χ4n) is 1.82. The maximum absolute atomic E-state index is 12.0. The molecular formula is C13H22N2O3S. The molecule has 5 nitrogen and oxygen atoms in total. The molecule has 0 saturated carbocycles. The second-order valence-electron chi connectivity index (χ2n) is 4.33. The lowest BCUT2D eigenvalue weighted by atomic mass is 10.3. The summed E-state index contributed by atoms with van der Waals surface area (Å²) in [5.41, 5.74) is 0. The SMILES string of the molecule is CCCN(CC)CCNS(=O)(=O)c1cccc(O)c1. The summed E-state index contributed by atoms with van der Waals surface area (Å²) < 4.78 is 26.5. The zero-order chi connectivity index (χ0) is 14.3. The lowest BCUT2D eigenvalue weighted by Gasteiger charge is -2.19. The monoisotopic (exact) mass is 286 g/mol. The highest BCUT2D eigenvalue weighted by molar-refractivity contribution is 7.89. The van der Waals surface area contributed by atoms with Crippen LogP contribution >= 0.6 is 0 Å². The highest BCUT2D eigenvalue weighted by atomic mass is 32.2. The Kier molecular flexibility index (Phi) is 6.27. The third-order valence-electron chi connectivity index (χ3n) is 2.84. The summed E-state index contributed by atoms with van der Waals surface area (Å²) in [4.78, 5) is 2.27. The number of rotatable bonds is 8. The predicted molar refractivity (Wildman–Crippen MR) is 75.7 cm³/mol. The molecular weight excluding hydrogens is 264 g/mol. The Hall–Kier alpha value is -1.11. The van der Waals surface area contributed by atoms with Crippen LogP contribution in [0.2, 0.25) is 0 Å². The van der Waals surface area contributed by atoms with E-state index in [9.17, 15) is 13.5 Å². The Labute approximate surface area is 115 Å². The molecule has 0 radical (unpaired) electrons. The van der Waals surface area contributed by atoms with Gasteiger partial charge in [0.15, 0.2) is 0 Å². The van der Waals surface area contributed by atoms with E-state index in [1.54, 1.807) is 0 Å². The maximum Gasteiger partial charge on any atom is 0.240 e. The van der Waals surface area contributed by atoms with Gasteiger partial charge in [-0.1, -0.05) is 19.9 Å². The van der Waals surface area contributed by atoms with Crippen molar-refractivity contribution in [2.45, 2.75) is 25.2 Å². The molecule has 1 aromatic carbocycles. The number of nitrogens with one attached hydrogen (secondary N) is 1. The third-order valence-corrected chi connectivity index (χ3v) is 4.29. The van der Waals surface area contributed by atoms with Crippen molar-refractivity contribution < 1.29 is 13.5 Å². The standard InChI is InChI=1S/C13H22N2O3S/c1-3-9-15(4-2)10-8-14-19(17,18)13-7-5-6-12(16)11-13/h5-7,11,14,16H,3-4,8-10H2,1-2H3. The van der Waals surface area contributed by atoms with Crippen LogP contribution < -0.4 is 4.72 Å². The molecule has 2 N–H and O–H groups in total. The van der Waals surface area contributed by atoms with Gasteiger partial charge >= 0.3 is 0 Å². The normalized spacial score (nSPS) is 11.9. The van der Waals surface area contributed by atoms with Gasteiger partial charge in [0.2, 0.25) is 10.0 Å². The van der Waals surface area contributed by atoms with E-state index in [2.05, 4.69) is 23.5 Å². The second kappa shape index (κ2) is 7.47. The molecule has 0 amide bonds. The molecule has 6 heteroatoms. The molecule has 108 valence electrons. The van der Waals surface area contributed by atoms with E-state index in [1.165, 1.54) is 24.3 Å². The topological polar surface area (TPSA) is 69.6 Å². The number of phenols is 1. The van der Waals surface area contributed by atoms with Gasteiger partial charge in [0.05, 0.1) is 4.90 Å². The molecule has 0 aliphatic rings. The third kappa shape index (κ3) is 5.18. The molecule has 0 fully saturated rings. The van der Waals surface area contributed by atoms with Crippen LogP contribution in [0.1, 0.15) is 20.3 Å². The molecule has 0 heterocycles. The molecule has 0 atom stereocenters. The van der Waals surface area contributed by atoms with Crippen LogP contribution in [0, 0.1) is 0 Å². The van der Waals surface area contributed by atoms with Gasteiger partial charge in [0, 0.05) is 13.1 Å². The van der Waals surface area contributed by atoms with Crippen LogP contribution in [0.5, 0.6) is 5.75 Å². The minimum absolute atomic E-state index is 0.0518. The summed E-state index contributed by atoms with van der Waals surface area (Å²) in [6, 6.07) is 5.66. The first-order valence-corrected chi connectivity index (χ1v) is 7.99. The lowest BCUT2D eigenvalue weighted by Crippen LogP contribution is -2.35.